The van der Waals surface area contributed by atoms with E-state index in [1.54, 1.807) is 0 Å². The molecule has 1 N–H and O–H groups in total. The van der Waals surface area contributed by atoms with Crippen molar-refractivity contribution in [3.05, 3.63) is 53.5 Å². The van der Waals surface area contributed by atoms with Gasteiger partial charge in [-0.2, -0.15) is 5.10 Å². The summed E-state index contributed by atoms with van der Waals surface area (Å²) in [7, 11) is 4.05. The van der Waals surface area contributed by atoms with Crippen molar-refractivity contribution in [3.8, 4) is 0 Å². The molecule has 104 valence electrons. The van der Waals surface area contributed by atoms with Crippen molar-refractivity contribution >= 4 is 10.9 Å². The smallest absolute Gasteiger partial charge is 0.0638 e. The van der Waals surface area contributed by atoms with Gasteiger partial charge in [0, 0.05) is 56.0 Å². The first kappa shape index (κ1) is 12.9. The van der Waals surface area contributed by atoms with Gasteiger partial charge >= 0.3 is 0 Å². The average molecular weight is 268 g/mol. The molecule has 0 aliphatic rings. The third-order valence-corrected chi connectivity index (χ3v) is 3.73. The van der Waals surface area contributed by atoms with Crippen LogP contribution in [0.15, 0.2) is 36.7 Å². The Morgan fingerprint density at radius 2 is 1.80 bits per heavy atom. The summed E-state index contributed by atoms with van der Waals surface area (Å²) in [6, 6.07) is 8.52. The molecule has 3 rings (SSSR count). The molecule has 20 heavy (non-hydrogen) atoms. The lowest BCUT2D eigenvalue weighted by Crippen LogP contribution is -2.12. The van der Waals surface area contributed by atoms with Crippen LogP contribution in [0.25, 0.3) is 10.9 Å². The largest absolute Gasteiger partial charge is 0.350 e. The maximum Gasteiger partial charge on any atom is 0.0638 e. The van der Waals surface area contributed by atoms with Crippen LogP contribution in [0, 0.1) is 6.92 Å². The lowest BCUT2D eigenvalue weighted by molar-refractivity contribution is 0.691. The Hall–Kier alpha value is -2.07. The van der Waals surface area contributed by atoms with Crippen LogP contribution in [0.1, 0.15) is 16.8 Å². The van der Waals surface area contributed by atoms with Crippen molar-refractivity contribution in [2.75, 3.05) is 0 Å². The zero-order valence-corrected chi connectivity index (χ0v) is 12.2. The number of para-hydroxylation sites is 1. The molecule has 0 saturated carbocycles. The van der Waals surface area contributed by atoms with Crippen molar-refractivity contribution in [2.45, 2.75) is 20.0 Å². The van der Waals surface area contributed by atoms with Gasteiger partial charge in [-0.05, 0) is 18.6 Å². The highest BCUT2D eigenvalue weighted by molar-refractivity contribution is 5.83. The Morgan fingerprint density at radius 3 is 2.55 bits per heavy atom. The number of fused-ring (bicyclic) bond motifs is 1. The van der Waals surface area contributed by atoms with E-state index in [1.165, 1.54) is 22.0 Å². The molecule has 3 aromatic rings. The predicted molar refractivity (Wildman–Crippen MR) is 81.4 cm³/mol. The predicted octanol–water partition coefficient (Wildman–Crippen LogP) is 2.51. The van der Waals surface area contributed by atoms with Gasteiger partial charge in [0.15, 0.2) is 0 Å². The molecule has 1 aromatic carbocycles. The standard InChI is InChI=1S/C16H20N4/c1-12-13(11-20(3)18-12)8-17-9-14-10-19(2)16-7-5-4-6-15(14)16/h4-7,10-11,17H,8-9H2,1-3H3. The Kier molecular flexibility index (Phi) is 3.32. The van der Waals surface area contributed by atoms with Crippen LogP contribution in [0.4, 0.5) is 0 Å². The molecule has 0 aliphatic carbocycles. The Labute approximate surface area is 119 Å². The van der Waals surface area contributed by atoms with Crippen LogP contribution in [0.3, 0.4) is 0 Å². The lowest BCUT2D eigenvalue weighted by atomic mass is 10.1. The van der Waals surface area contributed by atoms with Crippen LogP contribution >= 0.6 is 0 Å². The fraction of sp³-hybridized carbons (Fsp3) is 0.312. The highest BCUT2D eigenvalue weighted by Crippen LogP contribution is 2.20. The highest BCUT2D eigenvalue weighted by Gasteiger charge is 2.06. The van der Waals surface area contributed by atoms with Crippen LogP contribution in [-0.4, -0.2) is 14.3 Å². The minimum Gasteiger partial charge on any atom is -0.350 e. The summed E-state index contributed by atoms with van der Waals surface area (Å²) in [4.78, 5) is 0. The van der Waals surface area contributed by atoms with E-state index in [0.29, 0.717) is 0 Å². The van der Waals surface area contributed by atoms with Gasteiger partial charge in [-0.25, -0.2) is 0 Å². The van der Waals surface area contributed by atoms with Crippen LogP contribution in [-0.2, 0) is 27.2 Å². The summed E-state index contributed by atoms with van der Waals surface area (Å²) in [5, 5.41) is 9.20. The topological polar surface area (TPSA) is 34.8 Å². The fourth-order valence-electron chi connectivity index (χ4n) is 2.72. The molecule has 0 unspecified atom stereocenters. The van der Waals surface area contributed by atoms with Gasteiger partial charge in [0.25, 0.3) is 0 Å². The van der Waals surface area contributed by atoms with Crippen molar-refractivity contribution in [2.24, 2.45) is 14.1 Å². The van der Waals surface area contributed by atoms with Crippen molar-refractivity contribution in [1.82, 2.24) is 19.7 Å². The quantitative estimate of drug-likeness (QED) is 0.789. The second kappa shape index (κ2) is 5.13. The summed E-state index contributed by atoms with van der Waals surface area (Å²) < 4.78 is 4.05. The number of aryl methyl sites for hydroxylation is 3. The number of aromatic nitrogens is 3. The molecule has 4 nitrogen and oxygen atoms in total. The fourth-order valence-corrected chi connectivity index (χ4v) is 2.72. The van der Waals surface area contributed by atoms with E-state index in [0.717, 1.165) is 18.8 Å². The summed E-state index contributed by atoms with van der Waals surface area (Å²) >= 11 is 0. The van der Waals surface area contributed by atoms with E-state index in [2.05, 4.69) is 65.6 Å². The van der Waals surface area contributed by atoms with E-state index in [-0.39, 0.29) is 0 Å². The zero-order chi connectivity index (χ0) is 14.1. The molecular formula is C16H20N4. The third kappa shape index (κ3) is 2.34. The first-order valence-corrected chi connectivity index (χ1v) is 6.88. The number of rotatable bonds is 4. The van der Waals surface area contributed by atoms with E-state index in [9.17, 15) is 0 Å². The molecule has 2 heterocycles. The second-order valence-corrected chi connectivity index (χ2v) is 5.30. The van der Waals surface area contributed by atoms with E-state index >= 15 is 0 Å². The molecule has 0 saturated heterocycles. The maximum absolute atomic E-state index is 4.36. The minimum atomic E-state index is 0.850. The molecule has 4 heteroatoms. The van der Waals surface area contributed by atoms with E-state index in [4.69, 9.17) is 0 Å². The minimum absolute atomic E-state index is 0.850. The molecule has 0 amide bonds. The van der Waals surface area contributed by atoms with Gasteiger partial charge in [0.1, 0.15) is 0 Å². The van der Waals surface area contributed by atoms with E-state index < -0.39 is 0 Å². The molecule has 0 fully saturated rings. The molecule has 2 aromatic heterocycles. The van der Waals surface area contributed by atoms with E-state index in [1.807, 2.05) is 11.7 Å². The zero-order valence-electron chi connectivity index (χ0n) is 12.2. The Balaban J connectivity index is 1.73. The van der Waals surface area contributed by atoms with Crippen molar-refractivity contribution < 1.29 is 0 Å². The Bertz CT molecular complexity index is 736. The summed E-state index contributed by atoms with van der Waals surface area (Å²) in [6.45, 7) is 3.77. The molecule has 0 atom stereocenters. The van der Waals surface area contributed by atoms with Gasteiger partial charge in [-0.1, -0.05) is 18.2 Å². The first-order chi connectivity index (χ1) is 9.65. The number of benzene rings is 1. The summed E-state index contributed by atoms with van der Waals surface area (Å²) in [5.41, 5.74) is 4.97. The average Bonchev–Trinajstić information content (AvgIpc) is 2.91. The molecule has 0 spiro atoms. The molecule has 0 bridgehead atoms. The third-order valence-electron chi connectivity index (χ3n) is 3.73. The number of hydrogen-bond donors (Lipinski definition) is 1. The van der Waals surface area contributed by atoms with Gasteiger partial charge in [0.05, 0.1) is 5.69 Å². The van der Waals surface area contributed by atoms with Crippen LogP contribution < -0.4 is 5.32 Å². The van der Waals surface area contributed by atoms with Crippen molar-refractivity contribution in [3.63, 3.8) is 0 Å². The molecular weight excluding hydrogens is 248 g/mol. The molecule has 0 aliphatic heterocycles. The van der Waals surface area contributed by atoms with Gasteiger partial charge in [-0.15, -0.1) is 0 Å². The van der Waals surface area contributed by atoms with Gasteiger partial charge in [-0.3, -0.25) is 4.68 Å². The monoisotopic (exact) mass is 268 g/mol. The first-order valence-electron chi connectivity index (χ1n) is 6.88. The van der Waals surface area contributed by atoms with Crippen LogP contribution in [0.2, 0.25) is 0 Å². The summed E-state index contributed by atoms with van der Waals surface area (Å²) in [6.07, 6.45) is 4.28. The SMILES string of the molecule is Cc1nn(C)cc1CNCc1cn(C)c2ccccc12. The van der Waals surface area contributed by atoms with Crippen LogP contribution in [0.5, 0.6) is 0 Å². The second-order valence-electron chi connectivity index (χ2n) is 5.30. The van der Waals surface area contributed by atoms with Gasteiger partial charge < -0.3 is 9.88 Å². The normalized spacial score (nSPS) is 11.3. The van der Waals surface area contributed by atoms with Crippen molar-refractivity contribution in [1.29, 1.82) is 0 Å². The molecule has 0 radical (unpaired) electrons. The lowest BCUT2D eigenvalue weighted by Gasteiger charge is -2.03. The number of nitrogens with one attached hydrogen (secondary N) is 1. The highest BCUT2D eigenvalue weighted by atomic mass is 15.2. The maximum atomic E-state index is 4.36. The summed E-state index contributed by atoms with van der Waals surface area (Å²) in [5.74, 6) is 0. The van der Waals surface area contributed by atoms with Gasteiger partial charge in [0.2, 0.25) is 0 Å². The number of hydrogen-bond acceptors (Lipinski definition) is 2. The number of nitrogens with zero attached hydrogens (tertiary/aromatic N) is 3. The Morgan fingerprint density at radius 1 is 1.05 bits per heavy atom.